The van der Waals surface area contributed by atoms with Crippen LogP contribution in [-0.4, -0.2) is 30.4 Å². The molecule has 0 aromatic heterocycles. The largest absolute Gasteiger partial charge is 0.496 e. The molecule has 0 radical (unpaired) electrons. The molecule has 0 bridgehead atoms. The number of para-hydroxylation sites is 1. The summed E-state index contributed by atoms with van der Waals surface area (Å²) >= 11 is 6.07. The summed E-state index contributed by atoms with van der Waals surface area (Å²) in [6, 6.07) is 7.04. The van der Waals surface area contributed by atoms with Crippen LogP contribution in [0.4, 0.5) is 0 Å². The standard InChI is InChI=1S/C15H16ClNO3/c1-3-4-9-17-14(18)12(13(16)15(17)19)10-7-5-6-8-11(10)20-2/h5-8H,3-4,9H2,1-2H3. The molecule has 2 rings (SSSR count). The van der Waals surface area contributed by atoms with E-state index in [9.17, 15) is 9.59 Å². The molecule has 0 saturated carbocycles. The van der Waals surface area contributed by atoms with Crippen LogP contribution in [0.3, 0.4) is 0 Å². The molecule has 5 heteroatoms. The van der Waals surface area contributed by atoms with Crippen LogP contribution >= 0.6 is 11.6 Å². The Labute approximate surface area is 123 Å². The fourth-order valence-corrected chi connectivity index (χ4v) is 2.44. The number of amides is 2. The minimum absolute atomic E-state index is 0.0318. The molecule has 1 aromatic carbocycles. The van der Waals surface area contributed by atoms with Gasteiger partial charge in [0.25, 0.3) is 11.8 Å². The Bertz CT molecular complexity index is 580. The molecule has 2 amide bonds. The summed E-state index contributed by atoms with van der Waals surface area (Å²) in [6.07, 6.45) is 1.67. The number of ether oxygens (including phenoxy) is 1. The van der Waals surface area contributed by atoms with Crippen molar-refractivity contribution in [2.45, 2.75) is 19.8 Å². The quantitative estimate of drug-likeness (QED) is 0.784. The molecule has 1 aliphatic heterocycles. The van der Waals surface area contributed by atoms with Crippen LogP contribution in [0.1, 0.15) is 25.3 Å². The average Bonchev–Trinajstić information content (AvgIpc) is 2.67. The predicted molar refractivity (Wildman–Crippen MR) is 77.4 cm³/mol. The highest BCUT2D eigenvalue weighted by atomic mass is 35.5. The second-order valence-corrected chi connectivity index (χ2v) is 4.88. The predicted octanol–water partition coefficient (Wildman–Crippen LogP) is 2.81. The van der Waals surface area contributed by atoms with Gasteiger partial charge in [0.15, 0.2) is 0 Å². The Kier molecular flexibility index (Phi) is 4.45. The molecule has 0 fully saturated rings. The lowest BCUT2D eigenvalue weighted by Gasteiger charge is -2.14. The van der Waals surface area contributed by atoms with Crippen molar-refractivity contribution in [2.24, 2.45) is 0 Å². The highest BCUT2D eigenvalue weighted by Crippen LogP contribution is 2.36. The first-order valence-corrected chi connectivity index (χ1v) is 6.89. The number of benzene rings is 1. The summed E-state index contributed by atoms with van der Waals surface area (Å²) in [5.41, 5.74) is 0.780. The molecule has 1 aliphatic rings. The van der Waals surface area contributed by atoms with Crippen LogP contribution < -0.4 is 4.74 Å². The fraction of sp³-hybridized carbons (Fsp3) is 0.333. The molecule has 0 spiro atoms. The summed E-state index contributed by atoms with van der Waals surface area (Å²) in [4.78, 5) is 25.7. The minimum atomic E-state index is -0.425. The zero-order valence-electron chi connectivity index (χ0n) is 11.5. The zero-order chi connectivity index (χ0) is 14.7. The van der Waals surface area contributed by atoms with Crippen molar-refractivity contribution >= 4 is 29.0 Å². The van der Waals surface area contributed by atoms with E-state index < -0.39 is 5.91 Å². The third kappa shape index (κ3) is 2.43. The summed E-state index contributed by atoms with van der Waals surface area (Å²) in [7, 11) is 1.52. The number of methoxy groups -OCH3 is 1. The van der Waals surface area contributed by atoms with Crippen LogP contribution in [0.15, 0.2) is 29.3 Å². The lowest BCUT2D eigenvalue weighted by molar-refractivity contribution is -0.136. The maximum atomic E-state index is 12.4. The fourth-order valence-electron chi connectivity index (χ4n) is 2.15. The van der Waals surface area contributed by atoms with E-state index in [1.165, 1.54) is 12.0 Å². The molecule has 1 aromatic rings. The van der Waals surface area contributed by atoms with E-state index in [0.717, 1.165) is 12.8 Å². The third-order valence-electron chi connectivity index (χ3n) is 3.22. The van der Waals surface area contributed by atoms with Gasteiger partial charge in [-0.05, 0) is 12.5 Å². The van der Waals surface area contributed by atoms with Crippen molar-refractivity contribution in [1.82, 2.24) is 4.90 Å². The second-order valence-electron chi connectivity index (χ2n) is 4.50. The minimum Gasteiger partial charge on any atom is -0.496 e. The monoisotopic (exact) mass is 293 g/mol. The normalized spacial score (nSPS) is 15.2. The van der Waals surface area contributed by atoms with Crippen molar-refractivity contribution in [3.05, 3.63) is 34.9 Å². The third-order valence-corrected chi connectivity index (χ3v) is 3.57. The van der Waals surface area contributed by atoms with E-state index in [2.05, 4.69) is 0 Å². The second kappa shape index (κ2) is 6.09. The number of hydrogen-bond donors (Lipinski definition) is 0. The van der Waals surface area contributed by atoms with Crippen molar-refractivity contribution in [3.8, 4) is 5.75 Å². The zero-order valence-corrected chi connectivity index (χ0v) is 12.2. The van der Waals surface area contributed by atoms with Crippen LogP contribution in [0.5, 0.6) is 5.75 Å². The van der Waals surface area contributed by atoms with Gasteiger partial charge in [0.05, 0.1) is 12.7 Å². The first-order valence-electron chi connectivity index (χ1n) is 6.51. The first-order chi connectivity index (χ1) is 9.61. The van der Waals surface area contributed by atoms with E-state index in [0.29, 0.717) is 17.9 Å². The molecule has 0 saturated heterocycles. The van der Waals surface area contributed by atoms with Gasteiger partial charge < -0.3 is 4.74 Å². The number of rotatable bonds is 5. The molecular weight excluding hydrogens is 278 g/mol. The van der Waals surface area contributed by atoms with Gasteiger partial charge in [0.1, 0.15) is 10.8 Å². The van der Waals surface area contributed by atoms with Crippen molar-refractivity contribution in [3.63, 3.8) is 0 Å². The summed E-state index contributed by atoms with van der Waals surface area (Å²) in [5.74, 6) is -0.247. The van der Waals surface area contributed by atoms with E-state index >= 15 is 0 Å². The maximum Gasteiger partial charge on any atom is 0.273 e. The Morgan fingerprint density at radius 3 is 2.55 bits per heavy atom. The Morgan fingerprint density at radius 2 is 1.90 bits per heavy atom. The first kappa shape index (κ1) is 14.6. The lowest BCUT2D eigenvalue weighted by Crippen LogP contribution is -2.32. The van der Waals surface area contributed by atoms with Crippen LogP contribution in [-0.2, 0) is 9.59 Å². The van der Waals surface area contributed by atoms with Crippen LogP contribution in [0.2, 0.25) is 0 Å². The molecule has 106 valence electrons. The van der Waals surface area contributed by atoms with Gasteiger partial charge in [-0.1, -0.05) is 43.1 Å². The van der Waals surface area contributed by atoms with Crippen molar-refractivity contribution < 1.29 is 14.3 Å². The highest BCUT2D eigenvalue weighted by Gasteiger charge is 2.38. The highest BCUT2D eigenvalue weighted by molar-refractivity contribution is 6.55. The Morgan fingerprint density at radius 1 is 1.20 bits per heavy atom. The van der Waals surface area contributed by atoms with Gasteiger partial charge in [0, 0.05) is 12.1 Å². The molecule has 0 unspecified atom stereocenters. The van der Waals surface area contributed by atoms with Gasteiger partial charge in [-0.15, -0.1) is 0 Å². The summed E-state index contributed by atoms with van der Waals surface area (Å²) < 4.78 is 5.23. The average molecular weight is 294 g/mol. The Hall–Kier alpha value is -1.81. The molecule has 4 nitrogen and oxygen atoms in total. The number of halogens is 1. The molecule has 1 heterocycles. The van der Waals surface area contributed by atoms with E-state index in [4.69, 9.17) is 16.3 Å². The van der Waals surface area contributed by atoms with Crippen LogP contribution in [0.25, 0.3) is 5.57 Å². The Balaban J connectivity index is 2.41. The number of imide groups is 1. The van der Waals surface area contributed by atoms with Crippen LogP contribution in [0, 0.1) is 0 Å². The van der Waals surface area contributed by atoms with Crippen molar-refractivity contribution in [2.75, 3.05) is 13.7 Å². The SMILES string of the molecule is CCCCN1C(=O)C(Cl)=C(c2ccccc2OC)C1=O. The number of unbranched alkanes of at least 4 members (excludes halogenated alkanes) is 1. The summed E-state index contributed by atoms with van der Waals surface area (Å²) in [5, 5.41) is -0.0318. The van der Waals surface area contributed by atoms with Gasteiger partial charge in [0.2, 0.25) is 0 Å². The smallest absolute Gasteiger partial charge is 0.273 e. The van der Waals surface area contributed by atoms with Gasteiger partial charge in [-0.25, -0.2) is 0 Å². The van der Waals surface area contributed by atoms with Gasteiger partial charge in [-0.3, -0.25) is 14.5 Å². The topological polar surface area (TPSA) is 46.6 Å². The molecule has 0 N–H and O–H groups in total. The number of hydrogen-bond acceptors (Lipinski definition) is 3. The summed E-state index contributed by atoms with van der Waals surface area (Å²) in [6.45, 7) is 2.39. The van der Waals surface area contributed by atoms with Gasteiger partial charge in [-0.2, -0.15) is 0 Å². The van der Waals surface area contributed by atoms with E-state index in [1.807, 2.05) is 6.92 Å². The molecule has 0 aliphatic carbocycles. The molecular formula is C15H16ClNO3. The number of carbonyl (C=O) groups is 2. The molecule has 0 atom stereocenters. The van der Waals surface area contributed by atoms with Gasteiger partial charge >= 0.3 is 0 Å². The lowest BCUT2D eigenvalue weighted by atomic mass is 10.1. The van der Waals surface area contributed by atoms with E-state index in [1.54, 1.807) is 24.3 Å². The maximum absolute atomic E-state index is 12.4. The number of carbonyl (C=O) groups excluding carboxylic acids is 2. The van der Waals surface area contributed by atoms with E-state index in [-0.39, 0.29) is 16.5 Å². The molecule has 20 heavy (non-hydrogen) atoms. The van der Waals surface area contributed by atoms with Crippen molar-refractivity contribution in [1.29, 1.82) is 0 Å². The number of nitrogens with zero attached hydrogens (tertiary/aromatic N) is 1.